The van der Waals surface area contributed by atoms with Crippen molar-refractivity contribution in [1.29, 1.82) is 5.26 Å². The Balaban J connectivity index is 2.12. The van der Waals surface area contributed by atoms with E-state index in [9.17, 15) is 4.39 Å². The summed E-state index contributed by atoms with van der Waals surface area (Å²) in [6.07, 6.45) is 0. The topological polar surface area (TPSA) is 35.8 Å². The lowest BCUT2D eigenvalue weighted by Crippen LogP contribution is -2.02. The Hall–Kier alpha value is -2.34. The van der Waals surface area contributed by atoms with Crippen molar-refractivity contribution in [3.63, 3.8) is 0 Å². The van der Waals surface area contributed by atoms with Crippen molar-refractivity contribution in [2.45, 2.75) is 13.5 Å². The molecule has 0 aliphatic rings. The van der Waals surface area contributed by atoms with Crippen molar-refractivity contribution < 1.29 is 4.39 Å². The molecule has 0 radical (unpaired) electrons. The monoisotopic (exact) mass is 240 g/mol. The lowest BCUT2D eigenvalue weighted by Gasteiger charge is -2.08. The van der Waals surface area contributed by atoms with Crippen molar-refractivity contribution in [2.75, 3.05) is 5.32 Å². The molecule has 0 heterocycles. The summed E-state index contributed by atoms with van der Waals surface area (Å²) in [5.74, 6) is -0.228. The van der Waals surface area contributed by atoms with Crippen molar-refractivity contribution in [1.82, 2.24) is 0 Å². The number of anilines is 1. The maximum absolute atomic E-state index is 13.4. The maximum Gasteiger partial charge on any atom is 0.128 e. The second-order valence-corrected chi connectivity index (χ2v) is 4.09. The molecule has 0 aliphatic heterocycles. The number of nitrogens with one attached hydrogen (secondary N) is 1. The lowest BCUT2D eigenvalue weighted by molar-refractivity contribution is 0.619. The molecule has 0 bridgehead atoms. The number of halogens is 1. The van der Waals surface area contributed by atoms with E-state index in [1.54, 1.807) is 19.1 Å². The molecule has 0 spiro atoms. The quantitative estimate of drug-likeness (QED) is 0.889. The molecule has 0 fully saturated rings. The minimum absolute atomic E-state index is 0.228. The fourth-order valence-electron chi connectivity index (χ4n) is 1.68. The van der Waals surface area contributed by atoms with Gasteiger partial charge in [-0.3, -0.25) is 0 Å². The second kappa shape index (κ2) is 5.33. The van der Waals surface area contributed by atoms with Gasteiger partial charge in [-0.05, 0) is 36.2 Å². The van der Waals surface area contributed by atoms with E-state index in [4.69, 9.17) is 5.26 Å². The van der Waals surface area contributed by atoms with E-state index in [0.717, 1.165) is 5.56 Å². The van der Waals surface area contributed by atoms with Gasteiger partial charge in [-0.1, -0.05) is 24.3 Å². The van der Waals surface area contributed by atoms with Crippen LogP contribution in [-0.2, 0) is 6.54 Å². The summed E-state index contributed by atoms with van der Waals surface area (Å²) in [6, 6.07) is 14.5. The van der Waals surface area contributed by atoms with Crippen molar-refractivity contribution in [3.05, 3.63) is 65.0 Å². The Kier molecular flexibility index (Phi) is 3.59. The predicted molar refractivity (Wildman–Crippen MR) is 69.6 cm³/mol. The number of nitrogens with zero attached hydrogens (tertiary/aromatic N) is 1. The van der Waals surface area contributed by atoms with Gasteiger partial charge in [0.15, 0.2) is 0 Å². The zero-order valence-electron chi connectivity index (χ0n) is 10.1. The summed E-state index contributed by atoms with van der Waals surface area (Å²) >= 11 is 0. The van der Waals surface area contributed by atoms with Crippen LogP contribution < -0.4 is 5.32 Å². The minimum atomic E-state index is -0.228. The average molecular weight is 240 g/mol. The molecule has 2 aromatic rings. The Bertz CT molecular complexity index is 600. The van der Waals surface area contributed by atoms with Gasteiger partial charge in [-0.25, -0.2) is 4.39 Å². The molecule has 0 saturated carbocycles. The molecule has 2 aromatic carbocycles. The van der Waals surface area contributed by atoms with Crippen LogP contribution in [0.15, 0.2) is 42.5 Å². The summed E-state index contributed by atoms with van der Waals surface area (Å²) in [4.78, 5) is 0. The molecule has 90 valence electrons. The molecule has 2 nitrogen and oxygen atoms in total. The summed E-state index contributed by atoms with van der Waals surface area (Å²) in [5.41, 5.74) is 2.88. The zero-order chi connectivity index (χ0) is 13.0. The van der Waals surface area contributed by atoms with Crippen LogP contribution in [0.4, 0.5) is 10.1 Å². The smallest absolute Gasteiger partial charge is 0.128 e. The molecule has 0 atom stereocenters. The van der Waals surface area contributed by atoms with E-state index in [0.29, 0.717) is 23.4 Å². The van der Waals surface area contributed by atoms with Gasteiger partial charge in [0, 0.05) is 12.2 Å². The van der Waals surface area contributed by atoms with Crippen LogP contribution in [-0.4, -0.2) is 0 Å². The van der Waals surface area contributed by atoms with Crippen LogP contribution >= 0.6 is 0 Å². The van der Waals surface area contributed by atoms with Gasteiger partial charge in [-0.15, -0.1) is 0 Å². The van der Waals surface area contributed by atoms with E-state index in [-0.39, 0.29) is 5.82 Å². The molecule has 1 N–H and O–H groups in total. The molecule has 0 aromatic heterocycles. The average Bonchev–Trinajstić information content (AvgIpc) is 2.40. The van der Waals surface area contributed by atoms with Crippen LogP contribution in [0.2, 0.25) is 0 Å². The largest absolute Gasteiger partial charge is 0.381 e. The van der Waals surface area contributed by atoms with E-state index in [2.05, 4.69) is 11.4 Å². The van der Waals surface area contributed by atoms with Crippen LogP contribution in [0.3, 0.4) is 0 Å². The van der Waals surface area contributed by atoms with Crippen molar-refractivity contribution in [2.24, 2.45) is 0 Å². The lowest BCUT2D eigenvalue weighted by atomic mass is 10.1. The number of rotatable bonds is 3. The Labute approximate surface area is 106 Å². The summed E-state index contributed by atoms with van der Waals surface area (Å²) in [6.45, 7) is 2.23. The SMILES string of the molecule is Cc1ccc(NCc2ccccc2C#N)cc1F. The maximum atomic E-state index is 13.4. The number of hydrogen-bond acceptors (Lipinski definition) is 2. The molecule has 0 aliphatic carbocycles. The highest BCUT2D eigenvalue weighted by Crippen LogP contribution is 2.15. The molecule has 0 unspecified atom stereocenters. The highest BCUT2D eigenvalue weighted by atomic mass is 19.1. The first kappa shape index (κ1) is 12.1. The van der Waals surface area contributed by atoms with Crippen LogP contribution in [0.5, 0.6) is 0 Å². The number of aryl methyl sites for hydroxylation is 1. The number of benzene rings is 2. The fourth-order valence-corrected chi connectivity index (χ4v) is 1.68. The Morgan fingerprint density at radius 1 is 1.22 bits per heavy atom. The molecular formula is C15H13FN2. The summed E-state index contributed by atoms with van der Waals surface area (Å²) in [7, 11) is 0. The van der Waals surface area contributed by atoms with E-state index in [1.165, 1.54) is 6.07 Å². The van der Waals surface area contributed by atoms with Crippen molar-refractivity contribution >= 4 is 5.69 Å². The highest BCUT2D eigenvalue weighted by molar-refractivity contribution is 5.47. The van der Waals surface area contributed by atoms with Crippen molar-refractivity contribution in [3.8, 4) is 6.07 Å². The van der Waals surface area contributed by atoms with E-state index >= 15 is 0 Å². The third-order valence-corrected chi connectivity index (χ3v) is 2.79. The van der Waals surface area contributed by atoms with Gasteiger partial charge in [0.05, 0.1) is 11.6 Å². The summed E-state index contributed by atoms with van der Waals surface area (Å²) < 4.78 is 13.4. The number of nitriles is 1. The van der Waals surface area contributed by atoms with Gasteiger partial charge >= 0.3 is 0 Å². The molecule has 0 amide bonds. The predicted octanol–water partition coefficient (Wildman–Crippen LogP) is 3.62. The van der Waals surface area contributed by atoms with Gasteiger partial charge in [0.1, 0.15) is 5.82 Å². The van der Waals surface area contributed by atoms with Gasteiger partial charge in [0.2, 0.25) is 0 Å². The Morgan fingerprint density at radius 3 is 2.72 bits per heavy atom. The molecule has 3 heteroatoms. The molecule has 2 rings (SSSR count). The van der Waals surface area contributed by atoms with Crippen LogP contribution in [0.1, 0.15) is 16.7 Å². The second-order valence-electron chi connectivity index (χ2n) is 4.09. The normalized spacial score (nSPS) is 9.83. The fraction of sp³-hybridized carbons (Fsp3) is 0.133. The number of hydrogen-bond donors (Lipinski definition) is 1. The van der Waals surface area contributed by atoms with Gasteiger partial charge < -0.3 is 5.32 Å². The molecular weight excluding hydrogens is 227 g/mol. The third-order valence-electron chi connectivity index (χ3n) is 2.79. The minimum Gasteiger partial charge on any atom is -0.381 e. The molecule has 18 heavy (non-hydrogen) atoms. The first-order chi connectivity index (χ1) is 8.70. The molecule has 0 saturated heterocycles. The summed E-state index contributed by atoms with van der Waals surface area (Å²) in [5, 5.41) is 12.1. The standard InChI is InChI=1S/C15H13FN2/c1-11-6-7-14(8-15(11)16)18-10-13-5-3-2-4-12(13)9-17/h2-8,18H,10H2,1H3. The zero-order valence-corrected chi connectivity index (χ0v) is 10.1. The first-order valence-electron chi connectivity index (χ1n) is 5.69. The third kappa shape index (κ3) is 2.67. The first-order valence-corrected chi connectivity index (χ1v) is 5.69. The van der Waals surface area contributed by atoms with Crippen LogP contribution in [0, 0.1) is 24.1 Å². The van der Waals surface area contributed by atoms with E-state index in [1.807, 2.05) is 24.3 Å². The van der Waals surface area contributed by atoms with Gasteiger partial charge in [0.25, 0.3) is 0 Å². The van der Waals surface area contributed by atoms with Gasteiger partial charge in [-0.2, -0.15) is 5.26 Å². The highest BCUT2D eigenvalue weighted by Gasteiger charge is 2.02. The Morgan fingerprint density at radius 2 is 2.00 bits per heavy atom. The van der Waals surface area contributed by atoms with E-state index < -0.39 is 0 Å². The van der Waals surface area contributed by atoms with Crippen LogP contribution in [0.25, 0.3) is 0 Å².